The highest BCUT2D eigenvalue weighted by molar-refractivity contribution is 4.81. The minimum atomic E-state index is -0.368. The van der Waals surface area contributed by atoms with Crippen molar-refractivity contribution in [1.82, 2.24) is 10.6 Å². The molecule has 0 aliphatic carbocycles. The average molecular weight is 383 g/mol. The van der Waals surface area contributed by atoms with E-state index in [1.54, 1.807) is 0 Å². The van der Waals surface area contributed by atoms with E-state index in [4.69, 9.17) is 0 Å². The van der Waals surface area contributed by atoms with Crippen molar-refractivity contribution in [1.29, 1.82) is 0 Å². The predicted molar refractivity (Wildman–Crippen MR) is 121 cm³/mol. The molecule has 0 heterocycles. The summed E-state index contributed by atoms with van der Waals surface area (Å²) in [5, 5.41) is 16.2. The molecule has 0 spiro atoms. The second-order valence-electron chi connectivity index (χ2n) is 8.13. The Kier molecular flexibility index (Phi) is 21.6. The molecule has 3 N–H and O–H groups in total. The molecule has 0 amide bonds. The molecule has 0 rings (SSSR count). The first kappa shape index (κ1) is 26.6. The molecule has 3 heteroatoms. The van der Waals surface area contributed by atoms with Gasteiger partial charge in [0.05, 0.1) is 0 Å². The maximum atomic E-state index is 9.54. The Bertz CT molecular complexity index is 307. The van der Waals surface area contributed by atoms with Crippen LogP contribution in [0.3, 0.4) is 0 Å². The second kappa shape index (κ2) is 21.9. The van der Waals surface area contributed by atoms with Crippen molar-refractivity contribution in [3.63, 3.8) is 0 Å². The molecule has 0 aliphatic rings. The summed E-state index contributed by atoms with van der Waals surface area (Å²) in [6.07, 6.45) is 24.2. The number of rotatable bonds is 21. The number of aliphatic hydroxyl groups is 1. The van der Waals surface area contributed by atoms with Crippen LogP contribution < -0.4 is 10.6 Å². The Labute approximate surface area is 170 Å². The fourth-order valence-corrected chi connectivity index (χ4v) is 3.32. The molecule has 0 aromatic carbocycles. The summed E-state index contributed by atoms with van der Waals surface area (Å²) in [6.45, 7) is 8.41. The highest BCUT2D eigenvalue weighted by atomic mass is 16.3. The predicted octanol–water partition coefficient (Wildman–Crippen LogP) is 6.32. The standard InChI is InChI=1S/C24H50N2O/c1-4-6-7-8-9-10-11-12-13-14-15-16-17-18-19-20-21-25-22-23(3)26-24(27)5-2/h12-13,23-27H,4-11,14-22H2,1-3H3/b13-12-. The van der Waals surface area contributed by atoms with E-state index in [-0.39, 0.29) is 6.23 Å². The minimum absolute atomic E-state index is 0.328. The van der Waals surface area contributed by atoms with E-state index in [0.29, 0.717) is 6.04 Å². The molecule has 162 valence electrons. The van der Waals surface area contributed by atoms with Crippen molar-refractivity contribution in [2.45, 2.75) is 129 Å². The molecular weight excluding hydrogens is 332 g/mol. The van der Waals surface area contributed by atoms with Crippen molar-refractivity contribution in [3.8, 4) is 0 Å². The van der Waals surface area contributed by atoms with Gasteiger partial charge in [-0.15, -0.1) is 0 Å². The van der Waals surface area contributed by atoms with Gasteiger partial charge in [0.15, 0.2) is 0 Å². The number of allylic oxidation sites excluding steroid dienone is 2. The molecule has 0 saturated heterocycles. The van der Waals surface area contributed by atoms with Gasteiger partial charge in [-0.3, -0.25) is 5.32 Å². The molecule has 0 fully saturated rings. The molecule has 3 nitrogen and oxygen atoms in total. The highest BCUT2D eigenvalue weighted by Gasteiger charge is 2.05. The van der Waals surface area contributed by atoms with Gasteiger partial charge in [-0.1, -0.05) is 83.8 Å². The summed E-state index contributed by atoms with van der Waals surface area (Å²) >= 11 is 0. The lowest BCUT2D eigenvalue weighted by atomic mass is 10.1. The first-order valence-electron chi connectivity index (χ1n) is 12.0. The molecule has 27 heavy (non-hydrogen) atoms. The monoisotopic (exact) mass is 382 g/mol. The topological polar surface area (TPSA) is 44.3 Å². The summed E-state index contributed by atoms with van der Waals surface area (Å²) in [6, 6.07) is 0.328. The van der Waals surface area contributed by atoms with E-state index < -0.39 is 0 Å². The summed E-state index contributed by atoms with van der Waals surface area (Å²) in [4.78, 5) is 0. The second-order valence-corrected chi connectivity index (χ2v) is 8.13. The van der Waals surface area contributed by atoms with Gasteiger partial charge in [-0.05, 0) is 52.0 Å². The molecule has 0 bridgehead atoms. The van der Waals surface area contributed by atoms with Crippen LogP contribution >= 0.6 is 0 Å². The molecule has 0 radical (unpaired) electrons. The zero-order chi connectivity index (χ0) is 20.0. The lowest BCUT2D eigenvalue weighted by molar-refractivity contribution is 0.120. The van der Waals surface area contributed by atoms with Crippen LogP contribution in [-0.4, -0.2) is 30.5 Å². The van der Waals surface area contributed by atoms with Crippen LogP contribution in [0.2, 0.25) is 0 Å². The maximum absolute atomic E-state index is 9.54. The van der Waals surface area contributed by atoms with Crippen LogP contribution in [0.1, 0.15) is 117 Å². The van der Waals surface area contributed by atoms with Gasteiger partial charge < -0.3 is 10.4 Å². The van der Waals surface area contributed by atoms with Gasteiger partial charge in [-0.2, -0.15) is 0 Å². The number of aliphatic hydroxyl groups excluding tert-OH is 1. The average Bonchev–Trinajstić information content (AvgIpc) is 2.66. The third-order valence-corrected chi connectivity index (χ3v) is 5.18. The van der Waals surface area contributed by atoms with Crippen molar-refractivity contribution in [3.05, 3.63) is 12.2 Å². The highest BCUT2D eigenvalue weighted by Crippen LogP contribution is 2.09. The van der Waals surface area contributed by atoms with E-state index in [1.807, 2.05) is 6.92 Å². The number of hydrogen-bond donors (Lipinski definition) is 3. The first-order valence-corrected chi connectivity index (χ1v) is 12.0. The minimum Gasteiger partial charge on any atom is -0.379 e. The van der Waals surface area contributed by atoms with E-state index in [9.17, 15) is 5.11 Å². The molecule has 2 unspecified atom stereocenters. The SMILES string of the molecule is CCCCCCCC/C=C\CCCCCCCCNCC(C)NC(O)CC. The van der Waals surface area contributed by atoms with E-state index in [2.05, 4.69) is 36.6 Å². The van der Waals surface area contributed by atoms with E-state index >= 15 is 0 Å². The molecule has 0 aromatic rings. The maximum Gasteiger partial charge on any atom is 0.104 e. The van der Waals surface area contributed by atoms with Gasteiger partial charge in [0.2, 0.25) is 0 Å². The van der Waals surface area contributed by atoms with Gasteiger partial charge >= 0.3 is 0 Å². The van der Waals surface area contributed by atoms with Crippen LogP contribution in [0.15, 0.2) is 12.2 Å². The van der Waals surface area contributed by atoms with Crippen LogP contribution in [-0.2, 0) is 0 Å². The lowest BCUT2D eigenvalue weighted by Crippen LogP contribution is -2.42. The third kappa shape index (κ3) is 21.8. The van der Waals surface area contributed by atoms with Crippen LogP contribution in [0.25, 0.3) is 0 Å². The Balaban J connectivity index is 3.17. The van der Waals surface area contributed by atoms with Gasteiger partial charge in [-0.25, -0.2) is 0 Å². The normalized spacial score (nSPS) is 14.1. The van der Waals surface area contributed by atoms with Gasteiger partial charge in [0.25, 0.3) is 0 Å². The Morgan fingerprint density at radius 2 is 1.26 bits per heavy atom. The molecule has 2 atom stereocenters. The van der Waals surface area contributed by atoms with Crippen LogP contribution in [0.5, 0.6) is 0 Å². The first-order chi connectivity index (χ1) is 13.2. The molecule has 0 aliphatic heterocycles. The molecule has 0 saturated carbocycles. The fourth-order valence-electron chi connectivity index (χ4n) is 3.32. The van der Waals surface area contributed by atoms with E-state index in [0.717, 1.165) is 19.5 Å². The van der Waals surface area contributed by atoms with Gasteiger partial charge in [0, 0.05) is 12.6 Å². The van der Waals surface area contributed by atoms with Crippen molar-refractivity contribution in [2.24, 2.45) is 0 Å². The fraction of sp³-hybridized carbons (Fsp3) is 0.917. The molecule has 0 aromatic heterocycles. The summed E-state index contributed by atoms with van der Waals surface area (Å²) in [5.74, 6) is 0. The largest absolute Gasteiger partial charge is 0.379 e. The Morgan fingerprint density at radius 3 is 1.81 bits per heavy atom. The smallest absolute Gasteiger partial charge is 0.104 e. The zero-order valence-electron chi connectivity index (χ0n) is 18.8. The van der Waals surface area contributed by atoms with E-state index in [1.165, 1.54) is 89.9 Å². The Morgan fingerprint density at radius 1 is 0.741 bits per heavy atom. The number of nitrogens with one attached hydrogen (secondary N) is 2. The van der Waals surface area contributed by atoms with Gasteiger partial charge in [0.1, 0.15) is 6.23 Å². The van der Waals surface area contributed by atoms with Crippen molar-refractivity contribution in [2.75, 3.05) is 13.1 Å². The zero-order valence-corrected chi connectivity index (χ0v) is 18.8. The van der Waals surface area contributed by atoms with Crippen LogP contribution in [0, 0.1) is 0 Å². The summed E-state index contributed by atoms with van der Waals surface area (Å²) < 4.78 is 0. The van der Waals surface area contributed by atoms with Crippen LogP contribution in [0.4, 0.5) is 0 Å². The van der Waals surface area contributed by atoms with Crippen molar-refractivity contribution < 1.29 is 5.11 Å². The summed E-state index contributed by atoms with van der Waals surface area (Å²) in [5.41, 5.74) is 0. The molecular formula is C24H50N2O. The summed E-state index contributed by atoms with van der Waals surface area (Å²) in [7, 11) is 0. The quantitative estimate of drug-likeness (QED) is 0.124. The number of unbranched alkanes of at least 4 members (excludes halogenated alkanes) is 12. The Hall–Kier alpha value is -0.380. The lowest BCUT2D eigenvalue weighted by Gasteiger charge is -2.18. The number of hydrogen-bond acceptors (Lipinski definition) is 3. The van der Waals surface area contributed by atoms with Crippen molar-refractivity contribution >= 4 is 0 Å². The third-order valence-electron chi connectivity index (χ3n) is 5.18.